The van der Waals surface area contributed by atoms with Gasteiger partial charge < -0.3 is 10.1 Å². The highest BCUT2D eigenvalue weighted by molar-refractivity contribution is 7.89. The second kappa shape index (κ2) is 13.0. The Kier molecular flexibility index (Phi) is 11.4. The second-order valence-corrected chi connectivity index (χ2v) is 10.4. The van der Waals surface area contributed by atoms with Crippen LogP contribution in [0.1, 0.15) is 32.1 Å². The van der Waals surface area contributed by atoms with Gasteiger partial charge in [0.1, 0.15) is 6.04 Å². The summed E-state index contributed by atoms with van der Waals surface area (Å²) in [5.41, 5.74) is 0. The maximum Gasteiger partial charge on any atom is 0.305 e. The number of rotatable bonds is 14. The standard InChI is InChI=1S/C18H27ClN2O8S2/c1-28-17(22)7-5-3-4-6-12-20-18(23)16(13-29-30(2,24)25)21-31(26,27)15-10-8-14(19)9-11-15/h8-11,16,21H,3-7,12-13H2,1-2H3,(H,20,23)/t16-/m0/s1. The van der Waals surface area contributed by atoms with Crippen molar-refractivity contribution in [1.82, 2.24) is 10.0 Å². The van der Waals surface area contributed by atoms with Crippen molar-refractivity contribution < 1.29 is 35.3 Å². The molecule has 1 rings (SSSR count). The molecule has 0 heterocycles. The van der Waals surface area contributed by atoms with E-state index < -0.39 is 38.7 Å². The molecule has 0 saturated heterocycles. The Hall–Kier alpha value is -1.73. The fourth-order valence-electron chi connectivity index (χ4n) is 2.41. The fourth-order valence-corrected chi connectivity index (χ4v) is 4.10. The first-order valence-corrected chi connectivity index (χ1v) is 13.1. The maximum absolute atomic E-state index is 12.5. The number of amides is 1. The van der Waals surface area contributed by atoms with E-state index in [2.05, 4.69) is 19.0 Å². The van der Waals surface area contributed by atoms with Crippen LogP contribution >= 0.6 is 11.6 Å². The van der Waals surface area contributed by atoms with Gasteiger partial charge in [-0.1, -0.05) is 24.4 Å². The summed E-state index contributed by atoms with van der Waals surface area (Å²) < 4.78 is 59.0. The van der Waals surface area contributed by atoms with Gasteiger partial charge in [-0.3, -0.25) is 13.8 Å². The summed E-state index contributed by atoms with van der Waals surface area (Å²) in [6, 6.07) is 3.79. The monoisotopic (exact) mass is 498 g/mol. The van der Waals surface area contributed by atoms with Crippen LogP contribution in [0.5, 0.6) is 0 Å². The normalized spacial score (nSPS) is 12.9. The van der Waals surface area contributed by atoms with Gasteiger partial charge in [0, 0.05) is 18.0 Å². The van der Waals surface area contributed by atoms with E-state index >= 15 is 0 Å². The molecule has 1 amide bonds. The number of sulfonamides is 1. The number of unbranched alkanes of at least 4 members (excludes halogenated alkanes) is 3. The number of carbonyl (C=O) groups excluding carboxylic acids is 2. The van der Waals surface area contributed by atoms with Crippen LogP contribution in [0.4, 0.5) is 0 Å². The lowest BCUT2D eigenvalue weighted by Gasteiger charge is -2.18. The molecule has 31 heavy (non-hydrogen) atoms. The summed E-state index contributed by atoms with van der Waals surface area (Å²) in [6.45, 7) is -0.453. The van der Waals surface area contributed by atoms with Gasteiger partial charge in [0.15, 0.2) is 0 Å². The van der Waals surface area contributed by atoms with Crippen LogP contribution in [0, 0.1) is 0 Å². The molecule has 0 aromatic heterocycles. The van der Waals surface area contributed by atoms with Crippen molar-refractivity contribution in [2.75, 3.05) is 26.5 Å². The summed E-state index contributed by atoms with van der Waals surface area (Å²) in [5.74, 6) is -1.01. The summed E-state index contributed by atoms with van der Waals surface area (Å²) in [6.07, 6.45) is 3.86. The Morgan fingerprint density at radius 1 is 1.03 bits per heavy atom. The van der Waals surface area contributed by atoms with E-state index in [1.54, 1.807) is 0 Å². The number of hydrogen-bond acceptors (Lipinski definition) is 8. The highest BCUT2D eigenvalue weighted by atomic mass is 35.5. The first-order chi connectivity index (χ1) is 14.4. The summed E-state index contributed by atoms with van der Waals surface area (Å²) >= 11 is 5.75. The van der Waals surface area contributed by atoms with Gasteiger partial charge >= 0.3 is 5.97 Å². The highest BCUT2D eigenvalue weighted by Gasteiger charge is 2.27. The Balaban J connectivity index is 2.65. The number of benzene rings is 1. The van der Waals surface area contributed by atoms with Crippen LogP contribution in [0.3, 0.4) is 0 Å². The number of carbonyl (C=O) groups is 2. The molecule has 176 valence electrons. The molecule has 10 nitrogen and oxygen atoms in total. The molecule has 0 spiro atoms. The molecule has 1 atom stereocenters. The van der Waals surface area contributed by atoms with Crippen molar-refractivity contribution in [3.63, 3.8) is 0 Å². The average molecular weight is 499 g/mol. The maximum atomic E-state index is 12.5. The largest absolute Gasteiger partial charge is 0.469 e. The number of hydrogen-bond donors (Lipinski definition) is 2. The zero-order chi connectivity index (χ0) is 23.5. The lowest BCUT2D eigenvalue weighted by molar-refractivity contribution is -0.140. The van der Waals surface area contributed by atoms with Crippen LogP contribution < -0.4 is 10.0 Å². The fraction of sp³-hybridized carbons (Fsp3) is 0.556. The molecule has 2 N–H and O–H groups in total. The van der Waals surface area contributed by atoms with Crippen LogP contribution in [0.25, 0.3) is 0 Å². The molecule has 1 aromatic rings. The molecule has 0 radical (unpaired) electrons. The van der Waals surface area contributed by atoms with E-state index in [9.17, 15) is 26.4 Å². The zero-order valence-corrected chi connectivity index (χ0v) is 19.7. The van der Waals surface area contributed by atoms with Gasteiger partial charge in [0.2, 0.25) is 15.9 Å². The van der Waals surface area contributed by atoms with E-state index in [0.29, 0.717) is 24.3 Å². The van der Waals surface area contributed by atoms with Crippen LogP contribution in [0.15, 0.2) is 29.2 Å². The van der Waals surface area contributed by atoms with Gasteiger partial charge in [-0.25, -0.2) is 8.42 Å². The Labute approximate surface area is 187 Å². The predicted octanol–water partition coefficient (Wildman–Crippen LogP) is 1.20. The van der Waals surface area contributed by atoms with Gasteiger partial charge in [0.05, 0.1) is 24.9 Å². The van der Waals surface area contributed by atoms with Crippen molar-refractivity contribution in [1.29, 1.82) is 0 Å². The van der Waals surface area contributed by atoms with Crippen molar-refractivity contribution in [2.45, 2.75) is 43.0 Å². The number of methoxy groups -OCH3 is 1. The van der Waals surface area contributed by atoms with Gasteiger partial charge in [0.25, 0.3) is 10.1 Å². The molecule has 13 heteroatoms. The summed E-state index contributed by atoms with van der Waals surface area (Å²) in [5, 5.41) is 2.89. The SMILES string of the molecule is COC(=O)CCCCCCNC(=O)[C@H](COS(C)(=O)=O)NS(=O)(=O)c1ccc(Cl)cc1. The number of esters is 1. The quantitative estimate of drug-likeness (QED) is 0.221. The molecule has 0 unspecified atom stereocenters. The first kappa shape index (κ1) is 27.3. The van der Waals surface area contributed by atoms with E-state index in [4.69, 9.17) is 11.6 Å². The predicted molar refractivity (Wildman–Crippen MR) is 114 cm³/mol. The Bertz CT molecular complexity index is 934. The highest BCUT2D eigenvalue weighted by Crippen LogP contribution is 2.14. The summed E-state index contributed by atoms with van der Waals surface area (Å²) in [7, 11) is -6.70. The minimum absolute atomic E-state index is 0.139. The van der Waals surface area contributed by atoms with Crippen molar-refractivity contribution in [2.24, 2.45) is 0 Å². The number of halogens is 1. The Morgan fingerprint density at radius 2 is 1.65 bits per heavy atom. The smallest absolute Gasteiger partial charge is 0.305 e. The van der Waals surface area contributed by atoms with Crippen molar-refractivity contribution >= 4 is 43.6 Å². The lowest BCUT2D eigenvalue weighted by Crippen LogP contribution is -2.49. The van der Waals surface area contributed by atoms with E-state index in [-0.39, 0.29) is 17.4 Å². The molecule has 0 fully saturated rings. The molecule has 0 saturated carbocycles. The minimum atomic E-state index is -4.13. The average Bonchev–Trinajstić information content (AvgIpc) is 2.69. The third-order valence-corrected chi connectivity index (χ3v) is 6.33. The molecule has 1 aromatic carbocycles. The van der Waals surface area contributed by atoms with Gasteiger partial charge in [-0.05, 0) is 37.1 Å². The lowest BCUT2D eigenvalue weighted by atomic mass is 10.1. The van der Waals surface area contributed by atoms with Crippen LogP contribution in [-0.2, 0) is 38.7 Å². The van der Waals surface area contributed by atoms with Crippen LogP contribution in [-0.4, -0.2) is 61.3 Å². The number of ether oxygens (including phenoxy) is 1. The second-order valence-electron chi connectivity index (χ2n) is 6.65. The van der Waals surface area contributed by atoms with Crippen LogP contribution in [0.2, 0.25) is 5.02 Å². The molecule has 0 bridgehead atoms. The van der Waals surface area contributed by atoms with Gasteiger partial charge in [-0.15, -0.1) is 0 Å². The topological polar surface area (TPSA) is 145 Å². The third-order valence-electron chi connectivity index (χ3n) is 4.02. The molecule has 0 aliphatic carbocycles. The summed E-state index contributed by atoms with van der Waals surface area (Å²) in [4.78, 5) is 23.3. The van der Waals surface area contributed by atoms with E-state index in [1.807, 2.05) is 0 Å². The minimum Gasteiger partial charge on any atom is -0.469 e. The van der Waals surface area contributed by atoms with Gasteiger partial charge in [-0.2, -0.15) is 13.1 Å². The zero-order valence-electron chi connectivity index (χ0n) is 17.3. The van der Waals surface area contributed by atoms with Crippen molar-refractivity contribution in [3.05, 3.63) is 29.3 Å². The van der Waals surface area contributed by atoms with E-state index in [1.165, 1.54) is 31.4 Å². The first-order valence-electron chi connectivity index (χ1n) is 9.41. The van der Waals surface area contributed by atoms with E-state index in [0.717, 1.165) is 19.1 Å². The molecular formula is C18H27ClN2O8S2. The Morgan fingerprint density at radius 3 is 2.23 bits per heavy atom. The van der Waals surface area contributed by atoms with Crippen molar-refractivity contribution in [3.8, 4) is 0 Å². The molecule has 0 aliphatic rings. The number of nitrogens with one attached hydrogen (secondary N) is 2. The molecular weight excluding hydrogens is 472 g/mol. The molecule has 0 aliphatic heterocycles. The third kappa shape index (κ3) is 11.5.